The molecule has 0 aliphatic heterocycles. The minimum atomic E-state index is -4.22. The average molecular weight is 290 g/mol. The smallest absolute Gasteiger partial charge is 0.388 e. The quantitative estimate of drug-likeness (QED) is 0.770. The average Bonchev–Trinajstić information content (AvgIpc) is 2.41. The van der Waals surface area contributed by atoms with Gasteiger partial charge < -0.3 is 10.4 Å². The van der Waals surface area contributed by atoms with Gasteiger partial charge in [0.05, 0.1) is 12.6 Å². The Bertz CT molecular complexity index is 370. The molecule has 0 saturated heterocycles. The lowest BCUT2D eigenvalue weighted by molar-refractivity contribution is -0.146. The van der Waals surface area contributed by atoms with E-state index in [2.05, 4.69) is 5.32 Å². The third-order valence-electron chi connectivity index (χ3n) is 2.98. The van der Waals surface area contributed by atoms with E-state index < -0.39 is 18.8 Å². The Kier molecular flexibility index (Phi) is 6.98. The molecule has 6 heteroatoms. The zero-order valence-electron chi connectivity index (χ0n) is 11.5. The Morgan fingerprint density at radius 2 is 1.85 bits per heavy atom. The van der Waals surface area contributed by atoms with Gasteiger partial charge in [-0.05, 0) is 19.0 Å². The number of aliphatic hydroxyl groups excluding tert-OH is 1. The number of hydrogen-bond acceptors (Lipinski definition) is 3. The molecule has 1 aromatic carbocycles. The highest BCUT2D eigenvalue weighted by Gasteiger charge is 2.30. The van der Waals surface area contributed by atoms with Crippen LogP contribution in [0.1, 0.15) is 18.1 Å². The van der Waals surface area contributed by atoms with Gasteiger partial charge in [0.1, 0.15) is 0 Å². The van der Waals surface area contributed by atoms with Crippen LogP contribution in [0.5, 0.6) is 0 Å². The number of alkyl halides is 3. The van der Waals surface area contributed by atoms with E-state index in [0.29, 0.717) is 13.1 Å². The molecule has 0 aromatic heterocycles. The summed E-state index contributed by atoms with van der Waals surface area (Å²) in [5.74, 6) is 0. The number of hydrogen-bond donors (Lipinski definition) is 2. The third-order valence-corrected chi connectivity index (χ3v) is 2.98. The number of nitrogens with one attached hydrogen (secondary N) is 1. The lowest BCUT2D eigenvalue weighted by Crippen LogP contribution is -2.39. The van der Waals surface area contributed by atoms with Crippen LogP contribution in [0.15, 0.2) is 30.3 Å². The van der Waals surface area contributed by atoms with E-state index in [9.17, 15) is 18.3 Å². The Balaban J connectivity index is 2.48. The fourth-order valence-electron chi connectivity index (χ4n) is 1.94. The highest BCUT2D eigenvalue weighted by molar-refractivity contribution is 5.17. The molecule has 0 bridgehead atoms. The molecule has 114 valence electrons. The molecule has 2 N–H and O–H groups in total. The van der Waals surface area contributed by atoms with Gasteiger partial charge in [-0.3, -0.25) is 4.90 Å². The zero-order chi connectivity index (χ0) is 15.0. The van der Waals surface area contributed by atoms with E-state index >= 15 is 0 Å². The van der Waals surface area contributed by atoms with Gasteiger partial charge in [0.25, 0.3) is 0 Å². The van der Waals surface area contributed by atoms with Crippen molar-refractivity contribution in [3.8, 4) is 0 Å². The molecule has 0 aliphatic rings. The van der Waals surface area contributed by atoms with Crippen LogP contribution < -0.4 is 5.32 Å². The molecular formula is C14H21F3N2O. The molecule has 0 unspecified atom stereocenters. The summed E-state index contributed by atoms with van der Waals surface area (Å²) < 4.78 is 37.4. The molecule has 0 radical (unpaired) electrons. The maximum absolute atomic E-state index is 12.5. The first kappa shape index (κ1) is 16.9. The lowest BCUT2D eigenvalue weighted by Gasteiger charge is -2.24. The molecule has 3 nitrogen and oxygen atoms in total. The summed E-state index contributed by atoms with van der Waals surface area (Å²) in [5, 5.41) is 12.8. The summed E-state index contributed by atoms with van der Waals surface area (Å²) in [5.41, 5.74) is 0.730. The van der Waals surface area contributed by atoms with Gasteiger partial charge in [-0.15, -0.1) is 0 Å². The molecule has 1 atom stereocenters. The van der Waals surface area contributed by atoms with Crippen molar-refractivity contribution < 1.29 is 18.3 Å². The van der Waals surface area contributed by atoms with Gasteiger partial charge >= 0.3 is 6.18 Å². The van der Waals surface area contributed by atoms with Crippen LogP contribution >= 0.6 is 0 Å². The third kappa shape index (κ3) is 6.88. The molecule has 0 aliphatic carbocycles. The van der Waals surface area contributed by atoms with Crippen LogP contribution in [0.3, 0.4) is 0 Å². The van der Waals surface area contributed by atoms with Crippen LogP contribution in [0.4, 0.5) is 13.2 Å². The summed E-state index contributed by atoms with van der Waals surface area (Å²) in [4.78, 5) is 1.31. The van der Waals surface area contributed by atoms with Crippen LogP contribution in [0, 0.1) is 0 Å². The molecule has 20 heavy (non-hydrogen) atoms. The van der Waals surface area contributed by atoms with Crippen molar-refractivity contribution in [3.63, 3.8) is 0 Å². The van der Waals surface area contributed by atoms with Crippen LogP contribution in [-0.2, 0) is 0 Å². The number of halogens is 3. The van der Waals surface area contributed by atoms with E-state index in [1.165, 1.54) is 4.90 Å². The SMILES string of the molecule is CNCCN(CC[C@@H](O)c1ccccc1)CC(F)(F)F. The van der Waals surface area contributed by atoms with Crippen molar-refractivity contribution >= 4 is 0 Å². The van der Waals surface area contributed by atoms with Gasteiger partial charge in [-0.2, -0.15) is 13.2 Å². The molecule has 0 spiro atoms. The number of likely N-dealkylation sites (N-methyl/N-ethyl adjacent to an activating group) is 1. The van der Waals surface area contributed by atoms with Gasteiger partial charge in [0, 0.05) is 19.6 Å². The van der Waals surface area contributed by atoms with E-state index in [0.717, 1.165) is 5.56 Å². The minimum Gasteiger partial charge on any atom is -0.388 e. The van der Waals surface area contributed by atoms with Crippen molar-refractivity contribution in [2.45, 2.75) is 18.7 Å². The number of rotatable bonds is 8. The highest BCUT2D eigenvalue weighted by Crippen LogP contribution is 2.19. The fourth-order valence-corrected chi connectivity index (χ4v) is 1.94. The van der Waals surface area contributed by atoms with E-state index in [4.69, 9.17) is 0 Å². The Morgan fingerprint density at radius 3 is 2.40 bits per heavy atom. The molecular weight excluding hydrogens is 269 g/mol. The maximum Gasteiger partial charge on any atom is 0.401 e. The Hall–Kier alpha value is -1.11. The van der Waals surface area contributed by atoms with Crippen LogP contribution in [-0.4, -0.2) is 49.4 Å². The Morgan fingerprint density at radius 1 is 1.20 bits per heavy atom. The van der Waals surface area contributed by atoms with Crippen molar-refractivity contribution in [1.29, 1.82) is 0 Å². The van der Waals surface area contributed by atoms with Gasteiger partial charge in [-0.1, -0.05) is 30.3 Å². The molecule has 1 aromatic rings. The fraction of sp³-hybridized carbons (Fsp3) is 0.571. The van der Waals surface area contributed by atoms with Gasteiger partial charge in [0.2, 0.25) is 0 Å². The zero-order valence-corrected chi connectivity index (χ0v) is 11.5. The second-order valence-electron chi connectivity index (χ2n) is 4.71. The number of benzene rings is 1. The summed E-state index contributed by atoms with van der Waals surface area (Å²) in [6.07, 6.45) is -4.67. The van der Waals surface area contributed by atoms with Crippen molar-refractivity contribution in [2.24, 2.45) is 0 Å². The molecule has 0 saturated carbocycles. The first-order valence-corrected chi connectivity index (χ1v) is 6.59. The largest absolute Gasteiger partial charge is 0.401 e. The summed E-state index contributed by atoms with van der Waals surface area (Å²) in [7, 11) is 1.70. The van der Waals surface area contributed by atoms with Crippen molar-refractivity contribution in [1.82, 2.24) is 10.2 Å². The molecule has 1 rings (SSSR count). The molecule has 0 fully saturated rings. The van der Waals surface area contributed by atoms with E-state index in [-0.39, 0.29) is 13.0 Å². The van der Waals surface area contributed by atoms with Crippen molar-refractivity contribution in [2.75, 3.05) is 33.2 Å². The summed E-state index contributed by atoms with van der Waals surface area (Å²) >= 11 is 0. The summed E-state index contributed by atoms with van der Waals surface area (Å²) in [6.45, 7) is 0.0441. The van der Waals surface area contributed by atoms with Crippen LogP contribution in [0.2, 0.25) is 0 Å². The lowest BCUT2D eigenvalue weighted by atomic mass is 10.1. The normalized spacial score (nSPS) is 13.7. The molecule has 0 heterocycles. The highest BCUT2D eigenvalue weighted by atomic mass is 19.4. The Labute approximate surface area is 117 Å². The number of aliphatic hydroxyl groups is 1. The second kappa shape index (κ2) is 8.24. The van der Waals surface area contributed by atoms with Crippen LogP contribution in [0.25, 0.3) is 0 Å². The van der Waals surface area contributed by atoms with Gasteiger partial charge in [0.15, 0.2) is 0 Å². The molecule has 0 amide bonds. The number of nitrogens with zero attached hydrogens (tertiary/aromatic N) is 1. The maximum atomic E-state index is 12.5. The van der Waals surface area contributed by atoms with Crippen molar-refractivity contribution in [3.05, 3.63) is 35.9 Å². The first-order chi connectivity index (χ1) is 9.42. The summed E-state index contributed by atoms with van der Waals surface area (Å²) in [6, 6.07) is 8.97. The predicted octanol–water partition coefficient (Wildman–Crippen LogP) is 2.19. The standard InChI is InChI=1S/C14H21F3N2O/c1-18-8-10-19(11-14(15,16)17)9-7-13(20)12-5-3-2-4-6-12/h2-6,13,18,20H,7-11H2,1H3/t13-/m1/s1. The minimum absolute atomic E-state index is 0.206. The van der Waals surface area contributed by atoms with E-state index in [1.54, 1.807) is 31.3 Å². The second-order valence-corrected chi connectivity index (χ2v) is 4.71. The topological polar surface area (TPSA) is 35.5 Å². The first-order valence-electron chi connectivity index (χ1n) is 6.59. The van der Waals surface area contributed by atoms with E-state index in [1.807, 2.05) is 6.07 Å². The van der Waals surface area contributed by atoms with Gasteiger partial charge in [-0.25, -0.2) is 0 Å². The monoisotopic (exact) mass is 290 g/mol. The predicted molar refractivity (Wildman–Crippen MR) is 72.4 cm³/mol.